The summed E-state index contributed by atoms with van der Waals surface area (Å²) in [7, 11) is 0. The maximum Gasteiger partial charge on any atom is 0.318 e. The van der Waals surface area contributed by atoms with E-state index in [0.29, 0.717) is 32.3 Å². The average molecular weight is 533 g/mol. The van der Waals surface area contributed by atoms with Crippen LogP contribution in [-0.2, 0) is 22.5 Å². The van der Waals surface area contributed by atoms with Gasteiger partial charge < -0.3 is 24.2 Å². The van der Waals surface area contributed by atoms with Gasteiger partial charge in [-0.2, -0.15) is 15.1 Å². The van der Waals surface area contributed by atoms with Gasteiger partial charge in [0, 0.05) is 69.0 Å². The number of carbonyl (C=O) groups excluding carboxylic acids is 1. The molecule has 1 amide bonds. The summed E-state index contributed by atoms with van der Waals surface area (Å²) >= 11 is 0. The number of morpholine rings is 1. The van der Waals surface area contributed by atoms with Gasteiger partial charge in [-0.05, 0) is 31.1 Å². The molecule has 0 aliphatic carbocycles. The molecule has 3 aliphatic heterocycles. The van der Waals surface area contributed by atoms with Crippen LogP contribution in [0.4, 0.5) is 11.5 Å². The van der Waals surface area contributed by atoms with Crippen molar-refractivity contribution in [3.63, 3.8) is 0 Å². The molecule has 2 aromatic heterocycles. The van der Waals surface area contributed by atoms with Crippen LogP contribution in [0.2, 0.25) is 0 Å². The summed E-state index contributed by atoms with van der Waals surface area (Å²) in [6.45, 7) is 13.0. The number of anilines is 2. The van der Waals surface area contributed by atoms with Gasteiger partial charge in [0.15, 0.2) is 0 Å². The first-order valence-corrected chi connectivity index (χ1v) is 13.9. The second-order valence-corrected chi connectivity index (χ2v) is 10.2. The van der Waals surface area contributed by atoms with Gasteiger partial charge in [0.25, 0.3) is 0 Å². The van der Waals surface area contributed by atoms with Gasteiger partial charge in [0.05, 0.1) is 43.8 Å². The van der Waals surface area contributed by atoms with Crippen LogP contribution in [0.1, 0.15) is 17.7 Å². The first kappa shape index (κ1) is 25.6. The van der Waals surface area contributed by atoms with Gasteiger partial charge in [-0.15, -0.1) is 0 Å². The fourth-order valence-electron chi connectivity index (χ4n) is 5.69. The van der Waals surface area contributed by atoms with Crippen molar-refractivity contribution in [3.8, 4) is 6.01 Å². The fourth-order valence-corrected chi connectivity index (χ4v) is 5.69. The molecule has 39 heavy (non-hydrogen) atoms. The number of piperazine rings is 1. The Bertz CT molecular complexity index is 1310. The van der Waals surface area contributed by atoms with Crippen molar-refractivity contribution in [1.82, 2.24) is 30.0 Å². The molecular weight excluding hydrogens is 496 g/mol. The van der Waals surface area contributed by atoms with E-state index >= 15 is 0 Å². The third-order valence-corrected chi connectivity index (χ3v) is 7.84. The van der Waals surface area contributed by atoms with Crippen LogP contribution < -0.4 is 14.5 Å². The van der Waals surface area contributed by atoms with Crippen LogP contribution in [-0.4, -0.2) is 108 Å². The molecule has 1 aromatic carbocycles. The number of aromatic nitrogens is 4. The number of amides is 1. The summed E-state index contributed by atoms with van der Waals surface area (Å²) in [6.07, 6.45) is 5.02. The molecule has 3 aromatic rings. The number of nitrogens with one attached hydrogen (secondary N) is 1. The Labute approximate surface area is 228 Å². The largest absolute Gasteiger partial charge is 0.463 e. The average Bonchev–Trinajstić information content (AvgIpc) is 3.48. The molecule has 5 heterocycles. The van der Waals surface area contributed by atoms with E-state index in [-0.39, 0.29) is 5.91 Å². The van der Waals surface area contributed by atoms with Crippen LogP contribution in [0, 0.1) is 0 Å². The number of H-pyrrole nitrogens is 1. The lowest BCUT2D eigenvalue weighted by molar-refractivity contribution is -0.126. The van der Waals surface area contributed by atoms with Gasteiger partial charge in [-0.1, -0.05) is 12.6 Å². The highest BCUT2D eigenvalue weighted by molar-refractivity contribution is 5.91. The third kappa shape index (κ3) is 5.55. The molecule has 11 heteroatoms. The molecule has 0 bridgehead atoms. The molecular formula is C28H36N8O3. The molecule has 0 saturated carbocycles. The molecule has 0 atom stereocenters. The monoisotopic (exact) mass is 532 g/mol. The highest BCUT2D eigenvalue weighted by Gasteiger charge is 2.29. The number of hydrogen-bond acceptors (Lipinski definition) is 9. The summed E-state index contributed by atoms with van der Waals surface area (Å²) in [4.78, 5) is 30.9. The predicted molar refractivity (Wildman–Crippen MR) is 149 cm³/mol. The minimum absolute atomic E-state index is 0.0206. The smallest absolute Gasteiger partial charge is 0.318 e. The quantitative estimate of drug-likeness (QED) is 0.344. The highest BCUT2D eigenvalue weighted by Crippen LogP contribution is 2.33. The maximum absolute atomic E-state index is 12.1. The van der Waals surface area contributed by atoms with Crippen LogP contribution >= 0.6 is 0 Å². The van der Waals surface area contributed by atoms with Crippen LogP contribution in [0.15, 0.2) is 37.1 Å². The van der Waals surface area contributed by atoms with E-state index in [1.807, 2.05) is 17.2 Å². The Balaban J connectivity index is 1.22. The lowest BCUT2D eigenvalue weighted by Crippen LogP contribution is -2.49. The van der Waals surface area contributed by atoms with Gasteiger partial charge in [-0.25, -0.2) is 0 Å². The molecule has 11 nitrogen and oxygen atoms in total. The van der Waals surface area contributed by atoms with Gasteiger partial charge in [-0.3, -0.25) is 14.8 Å². The lowest BCUT2D eigenvalue weighted by atomic mass is 10.0. The standard InChI is InChI=1S/C28H36N8O3/c1-2-26(37)34-10-12-35(13-11-34)27-21-7-9-36(25-6-3-5-23-22(25)19-29-32-23)20-24(21)30-28(31-27)39-16-4-8-33-14-17-38-18-15-33/h2-3,5-6,19H,1,4,7-18,20H2,(H,29,32). The lowest BCUT2D eigenvalue weighted by Gasteiger charge is -2.38. The Hall–Kier alpha value is -3.70. The van der Waals surface area contributed by atoms with E-state index in [2.05, 4.69) is 43.6 Å². The SMILES string of the molecule is C=CC(=O)N1CCN(c2nc(OCCCN3CCOCC3)nc3c2CCN(c2cccc4[nH]ncc24)C3)CC1. The molecule has 0 radical (unpaired) electrons. The number of aromatic amines is 1. The zero-order chi connectivity index (χ0) is 26.6. The van der Waals surface area contributed by atoms with E-state index in [1.54, 1.807) is 0 Å². The number of carbonyl (C=O) groups is 1. The summed E-state index contributed by atoms with van der Waals surface area (Å²) in [5.41, 5.74) is 4.35. The number of fused-ring (bicyclic) bond motifs is 2. The second-order valence-electron chi connectivity index (χ2n) is 10.2. The summed E-state index contributed by atoms with van der Waals surface area (Å²) in [6, 6.07) is 6.68. The first-order chi connectivity index (χ1) is 19.2. The van der Waals surface area contributed by atoms with Gasteiger partial charge in [0.2, 0.25) is 5.91 Å². The normalized spacial score (nSPS) is 18.3. The molecule has 1 N–H and O–H groups in total. The van der Waals surface area contributed by atoms with Gasteiger partial charge in [0.1, 0.15) is 5.82 Å². The number of hydrogen-bond donors (Lipinski definition) is 1. The first-order valence-electron chi connectivity index (χ1n) is 13.9. The molecule has 3 aliphatic rings. The van der Waals surface area contributed by atoms with E-state index in [0.717, 1.165) is 93.4 Å². The van der Waals surface area contributed by atoms with Crippen molar-refractivity contribution in [2.24, 2.45) is 0 Å². The predicted octanol–water partition coefficient (Wildman–Crippen LogP) is 1.85. The Kier molecular flexibility index (Phi) is 7.60. The number of ether oxygens (including phenoxy) is 2. The van der Waals surface area contributed by atoms with Crippen molar-refractivity contribution in [1.29, 1.82) is 0 Å². The second kappa shape index (κ2) is 11.6. The molecule has 2 fully saturated rings. The number of rotatable bonds is 8. The van der Waals surface area contributed by atoms with Gasteiger partial charge >= 0.3 is 6.01 Å². The zero-order valence-corrected chi connectivity index (χ0v) is 22.3. The third-order valence-electron chi connectivity index (χ3n) is 7.84. The molecule has 0 unspecified atom stereocenters. The minimum atomic E-state index is -0.0206. The molecule has 6 rings (SSSR count). The van der Waals surface area contributed by atoms with Crippen molar-refractivity contribution >= 4 is 28.3 Å². The van der Waals surface area contributed by atoms with Crippen LogP contribution in [0.25, 0.3) is 10.9 Å². The van der Waals surface area contributed by atoms with Crippen LogP contribution in [0.5, 0.6) is 6.01 Å². The summed E-state index contributed by atoms with van der Waals surface area (Å²) in [5.74, 6) is 0.919. The molecule has 0 spiro atoms. The maximum atomic E-state index is 12.1. The molecule has 206 valence electrons. The molecule has 2 saturated heterocycles. The Morgan fingerprint density at radius 1 is 1.08 bits per heavy atom. The van der Waals surface area contributed by atoms with E-state index < -0.39 is 0 Å². The number of benzene rings is 1. The van der Waals surface area contributed by atoms with E-state index in [1.165, 1.54) is 11.6 Å². The van der Waals surface area contributed by atoms with Crippen molar-refractivity contribution in [3.05, 3.63) is 48.3 Å². The topological polar surface area (TPSA) is 103 Å². The van der Waals surface area contributed by atoms with Crippen molar-refractivity contribution < 1.29 is 14.3 Å². The fraction of sp³-hybridized carbons (Fsp3) is 0.500. The highest BCUT2D eigenvalue weighted by atomic mass is 16.5. The summed E-state index contributed by atoms with van der Waals surface area (Å²) in [5, 5.41) is 8.43. The van der Waals surface area contributed by atoms with Crippen molar-refractivity contribution in [2.75, 3.05) is 82.0 Å². The minimum Gasteiger partial charge on any atom is -0.463 e. The van der Waals surface area contributed by atoms with E-state index in [9.17, 15) is 4.79 Å². The Morgan fingerprint density at radius 2 is 1.92 bits per heavy atom. The Morgan fingerprint density at radius 3 is 2.74 bits per heavy atom. The zero-order valence-electron chi connectivity index (χ0n) is 22.3. The van der Waals surface area contributed by atoms with Crippen molar-refractivity contribution in [2.45, 2.75) is 19.4 Å². The summed E-state index contributed by atoms with van der Waals surface area (Å²) < 4.78 is 11.6. The number of nitrogens with zero attached hydrogens (tertiary/aromatic N) is 7. The van der Waals surface area contributed by atoms with Crippen LogP contribution in [0.3, 0.4) is 0 Å². The van der Waals surface area contributed by atoms with E-state index in [4.69, 9.17) is 19.4 Å².